The summed E-state index contributed by atoms with van der Waals surface area (Å²) in [5.41, 5.74) is 4.97. The number of phenolic OH excluding ortho intramolecular Hbond substituents is 2. The number of nitrogens with zero attached hydrogens (tertiary/aromatic N) is 1. The second kappa shape index (κ2) is 7.89. The molecule has 0 bridgehead atoms. The Hall–Kier alpha value is -3.44. The molecule has 0 atom stereocenters. The third-order valence-electron chi connectivity index (χ3n) is 4.65. The number of benzene rings is 3. The van der Waals surface area contributed by atoms with Crippen LogP contribution >= 0.6 is 11.6 Å². The maximum Gasteiger partial charge on any atom is 0.137 e. The minimum absolute atomic E-state index is 0.0817. The van der Waals surface area contributed by atoms with Crippen LogP contribution in [0, 0.1) is 0 Å². The Labute approximate surface area is 173 Å². The Balaban J connectivity index is 1.69. The Bertz CT molecular complexity index is 1150. The first-order valence-electron chi connectivity index (χ1n) is 9.15. The molecule has 0 radical (unpaired) electrons. The number of hydrogen-bond donors (Lipinski definition) is 3. The van der Waals surface area contributed by atoms with Crippen LogP contribution in [-0.4, -0.2) is 27.0 Å². The van der Waals surface area contributed by atoms with Crippen molar-refractivity contribution in [3.63, 3.8) is 0 Å². The van der Waals surface area contributed by atoms with E-state index in [4.69, 9.17) is 16.3 Å². The predicted octanol–water partition coefficient (Wildman–Crippen LogP) is 5.87. The third-order valence-corrected chi connectivity index (χ3v) is 4.95. The van der Waals surface area contributed by atoms with E-state index >= 15 is 0 Å². The fourth-order valence-corrected chi connectivity index (χ4v) is 3.40. The highest BCUT2D eigenvalue weighted by Gasteiger charge is 2.16. The van der Waals surface area contributed by atoms with Gasteiger partial charge in [0.2, 0.25) is 0 Å². The van der Waals surface area contributed by atoms with Crippen LogP contribution in [-0.2, 0) is 0 Å². The molecule has 0 unspecified atom stereocenters. The van der Waals surface area contributed by atoms with Crippen molar-refractivity contribution in [3.05, 3.63) is 71.9 Å². The predicted molar refractivity (Wildman–Crippen MR) is 114 cm³/mol. The average Bonchev–Trinajstić information content (AvgIpc) is 3.21. The van der Waals surface area contributed by atoms with Crippen molar-refractivity contribution in [1.29, 1.82) is 0 Å². The monoisotopic (exact) mass is 406 g/mol. The summed E-state index contributed by atoms with van der Waals surface area (Å²) in [4.78, 5) is 0. The van der Waals surface area contributed by atoms with Crippen LogP contribution in [0.2, 0.25) is 5.02 Å². The second-order valence-electron chi connectivity index (χ2n) is 6.52. The second-order valence-corrected chi connectivity index (χ2v) is 6.92. The summed E-state index contributed by atoms with van der Waals surface area (Å²) in [7, 11) is 0. The van der Waals surface area contributed by atoms with Crippen LogP contribution in [0.15, 0.2) is 66.9 Å². The molecule has 0 aliphatic heterocycles. The van der Waals surface area contributed by atoms with Crippen LogP contribution in [0.25, 0.3) is 33.5 Å². The van der Waals surface area contributed by atoms with Crippen LogP contribution in [0.1, 0.15) is 6.92 Å². The number of halogens is 1. The minimum Gasteiger partial charge on any atom is -0.507 e. The van der Waals surface area contributed by atoms with Crippen molar-refractivity contribution in [2.45, 2.75) is 6.92 Å². The van der Waals surface area contributed by atoms with Gasteiger partial charge >= 0.3 is 0 Å². The first-order chi connectivity index (χ1) is 14.1. The molecule has 0 aliphatic rings. The zero-order valence-electron chi connectivity index (χ0n) is 15.7. The highest BCUT2D eigenvalue weighted by Crippen LogP contribution is 2.40. The molecule has 4 rings (SSSR count). The van der Waals surface area contributed by atoms with E-state index in [1.165, 1.54) is 12.1 Å². The van der Waals surface area contributed by atoms with E-state index in [2.05, 4.69) is 10.2 Å². The van der Waals surface area contributed by atoms with Gasteiger partial charge < -0.3 is 14.9 Å². The first kappa shape index (κ1) is 18.9. The molecule has 29 heavy (non-hydrogen) atoms. The van der Waals surface area contributed by atoms with Crippen LogP contribution in [0.5, 0.6) is 17.2 Å². The van der Waals surface area contributed by atoms with Gasteiger partial charge in [-0.25, -0.2) is 0 Å². The van der Waals surface area contributed by atoms with E-state index in [1.54, 1.807) is 6.20 Å². The lowest BCUT2D eigenvalue weighted by molar-refractivity contribution is 0.340. The quantitative estimate of drug-likeness (QED) is 0.387. The molecule has 0 spiro atoms. The largest absolute Gasteiger partial charge is 0.507 e. The van der Waals surface area contributed by atoms with E-state index in [0.29, 0.717) is 17.9 Å². The maximum absolute atomic E-state index is 10.2. The van der Waals surface area contributed by atoms with Crippen molar-refractivity contribution < 1.29 is 14.9 Å². The SMILES string of the molecule is CCOc1cccc(-c2ccc(-c3cn[nH]c3-c3cc(Cl)c(O)cc3O)cc2)c1. The van der Waals surface area contributed by atoms with Gasteiger partial charge in [-0.2, -0.15) is 5.10 Å². The Morgan fingerprint density at radius 1 is 0.897 bits per heavy atom. The Morgan fingerprint density at radius 2 is 1.66 bits per heavy atom. The third kappa shape index (κ3) is 3.77. The van der Waals surface area contributed by atoms with Gasteiger partial charge in [0.25, 0.3) is 0 Å². The van der Waals surface area contributed by atoms with Crippen molar-refractivity contribution >= 4 is 11.6 Å². The van der Waals surface area contributed by atoms with E-state index in [1.807, 2.05) is 55.5 Å². The van der Waals surface area contributed by atoms with Gasteiger partial charge in [0.05, 0.1) is 23.5 Å². The average molecular weight is 407 g/mol. The lowest BCUT2D eigenvalue weighted by atomic mass is 9.98. The highest BCUT2D eigenvalue weighted by atomic mass is 35.5. The number of aromatic amines is 1. The van der Waals surface area contributed by atoms with Crippen molar-refractivity contribution in [2.75, 3.05) is 6.61 Å². The van der Waals surface area contributed by atoms with Gasteiger partial charge in [0, 0.05) is 17.2 Å². The highest BCUT2D eigenvalue weighted by molar-refractivity contribution is 6.32. The van der Waals surface area contributed by atoms with E-state index in [0.717, 1.165) is 28.0 Å². The van der Waals surface area contributed by atoms with E-state index in [9.17, 15) is 10.2 Å². The van der Waals surface area contributed by atoms with Gasteiger partial charge in [-0.1, -0.05) is 48.0 Å². The molecule has 0 saturated carbocycles. The molecule has 6 heteroatoms. The molecular weight excluding hydrogens is 388 g/mol. The van der Waals surface area contributed by atoms with Gasteiger partial charge in [-0.05, 0) is 41.8 Å². The lowest BCUT2D eigenvalue weighted by Crippen LogP contribution is -1.91. The number of ether oxygens (including phenoxy) is 1. The topological polar surface area (TPSA) is 78.4 Å². The molecular formula is C23H19ClN2O3. The summed E-state index contributed by atoms with van der Waals surface area (Å²) in [6.45, 7) is 2.59. The zero-order chi connectivity index (χ0) is 20.4. The number of aromatic nitrogens is 2. The van der Waals surface area contributed by atoms with Gasteiger partial charge in [0.1, 0.15) is 17.2 Å². The number of nitrogens with one attached hydrogen (secondary N) is 1. The standard InChI is InChI=1S/C23H19ClN2O3/c1-2-29-17-5-3-4-16(10-17)14-6-8-15(9-7-14)19-13-25-26-23(19)18-11-20(24)22(28)12-21(18)27/h3-13,27-28H,2H2,1H3,(H,25,26). The normalized spacial score (nSPS) is 10.8. The summed E-state index contributed by atoms with van der Waals surface area (Å²) in [6, 6.07) is 18.7. The summed E-state index contributed by atoms with van der Waals surface area (Å²) >= 11 is 6.02. The van der Waals surface area contributed by atoms with Crippen molar-refractivity contribution in [3.8, 4) is 50.8 Å². The Morgan fingerprint density at radius 3 is 2.41 bits per heavy atom. The molecule has 1 aromatic heterocycles. The van der Waals surface area contributed by atoms with E-state index in [-0.39, 0.29) is 16.5 Å². The molecule has 0 fully saturated rings. The molecule has 146 valence electrons. The van der Waals surface area contributed by atoms with Gasteiger partial charge in [-0.15, -0.1) is 0 Å². The van der Waals surface area contributed by atoms with Crippen LogP contribution < -0.4 is 4.74 Å². The molecule has 0 saturated heterocycles. The summed E-state index contributed by atoms with van der Waals surface area (Å²) in [5, 5.41) is 27.1. The number of phenols is 2. The zero-order valence-corrected chi connectivity index (χ0v) is 16.4. The van der Waals surface area contributed by atoms with Gasteiger partial charge in [0.15, 0.2) is 0 Å². The molecule has 5 nitrogen and oxygen atoms in total. The van der Waals surface area contributed by atoms with Crippen LogP contribution in [0.4, 0.5) is 0 Å². The van der Waals surface area contributed by atoms with Gasteiger partial charge in [-0.3, -0.25) is 5.10 Å². The van der Waals surface area contributed by atoms with Crippen LogP contribution in [0.3, 0.4) is 0 Å². The smallest absolute Gasteiger partial charge is 0.137 e. The van der Waals surface area contributed by atoms with Crippen molar-refractivity contribution in [2.24, 2.45) is 0 Å². The minimum atomic E-state index is -0.174. The summed E-state index contributed by atoms with van der Waals surface area (Å²) in [5.74, 6) is 0.584. The molecule has 3 aromatic carbocycles. The van der Waals surface area contributed by atoms with Crippen molar-refractivity contribution in [1.82, 2.24) is 10.2 Å². The fourth-order valence-electron chi connectivity index (χ4n) is 3.24. The number of H-pyrrole nitrogens is 1. The number of rotatable bonds is 5. The molecule has 0 amide bonds. The Kier molecular flexibility index (Phi) is 5.14. The first-order valence-corrected chi connectivity index (χ1v) is 9.53. The fraction of sp³-hybridized carbons (Fsp3) is 0.0870. The molecule has 1 heterocycles. The summed E-state index contributed by atoms with van der Waals surface area (Å²) < 4.78 is 5.58. The molecule has 3 N–H and O–H groups in total. The maximum atomic E-state index is 10.2. The molecule has 4 aromatic rings. The summed E-state index contributed by atoms with van der Waals surface area (Å²) in [6.07, 6.45) is 1.69. The number of hydrogen-bond acceptors (Lipinski definition) is 4. The lowest BCUT2D eigenvalue weighted by Gasteiger charge is -2.09. The van der Waals surface area contributed by atoms with E-state index < -0.39 is 0 Å². The molecule has 0 aliphatic carbocycles. The number of aromatic hydroxyl groups is 2.